The van der Waals surface area contributed by atoms with E-state index in [1.165, 1.54) is 12.8 Å². The molecule has 0 N–H and O–H groups in total. The molecule has 1 aliphatic carbocycles. The van der Waals surface area contributed by atoms with Crippen molar-refractivity contribution in [1.29, 1.82) is 0 Å². The number of thiol groups is 1. The summed E-state index contributed by atoms with van der Waals surface area (Å²) < 4.78 is 0. The molecule has 0 spiro atoms. The van der Waals surface area contributed by atoms with E-state index in [1.54, 1.807) is 0 Å². The van der Waals surface area contributed by atoms with Gasteiger partial charge in [-0.15, -0.1) is 0 Å². The zero-order valence-corrected chi connectivity index (χ0v) is 7.20. The predicted octanol–water partition coefficient (Wildman–Crippen LogP) is 2.60. The lowest BCUT2D eigenvalue weighted by molar-refractivity contribution is 0.388. The minimum atomic E-state index is 0.897. The second-order valence-electron chi connectivity index (χ2n) is 3.38. The number of hydrogen-bond acceptors (Lipinski definition) is 1. The maximum Gasteiger partial charge on any atom is -0.00644 e. The molecule has 0 heterocycles. The standard InChI is InChI=1S/C8H16S/c1-6-3-4-7(2)8(6)5-9/h6-9H,3-5H2,1-2H3. The second kappa shape index (κ2) is 2.96. The highest BCUT2D eigenvalue weighted by atomic mass is 32.1. The molecule has 9 heavy (non-hydrogen) atoms. The third kappa shape index (κ3) is 1.43. The van der Waals surface area contributed by atoms with E-state index in [1.807, 2.05) is 0 Å². The molecule has 0 radical (unpaired) electrons. The Morgan fingerprint density at radius 2 is 1.67 bits per heavy atom. The van der Waals surface area contributed by atoms with E-state index in [-0.39, 0.29) is 0 Å². The first-order valence-electron chi connectivity index (χ1n) is 3.86. The summed E-state index contributed by atoms with van der Waals surface area (Å²) in [5.74, 6) is 3.84. The average molecular weight is 144 g/mol. The molecular weight excluding hydrogens is 128 g/mol. The summed E-state index contributed by atoms with van der Waals surface area (Å²) in [4.78, 5) is 0. The third-order valence-corrected chi connectivity index (χ3v) is 3.17. The van der Waals surface area contributed by atoms with Crippen molar-refractivity contribution in [3.63, 3.8) is 0 Å². The Morgan fingerprint density at radius 3 is 1.89 bits per heavy atom. The summed E-state index contributed by atoms with van der Waals surface area (Å²) in [5, 5.41) is 0. The molecule has 54 valence electrons. The van der Waals surface area contributed by atoms with Crippen LogP contribution in [0.5, 0.6) is 0 Å². The van der Waals surface area contributed by atoms with Crippen molar-refractivity contribution in [1.82, 2.24) is 0 Å². The lowest BCUT2D eigenvalue weighted by atomic mass is 9.94. The highest BCUT2D eigenvalue weighted by Gasteiger charge is 2.28. The van der Waals surface area contributed by atoms with Crippen molar-refractivity contribution in [2.24, 2.45) is 17.8 Å². The minimum absolute atomic E-state index is 0.897. The van der Waals surface area contributed by atoms with Crippen molar-refractivity contribution in [2.45, 2.75) is 26.7 Å². The molecule has 0 aromatic rings. The smallest absolute Gasteiger partial charge is 0.00644 e. The van der Waals surface area contributed by atoms with Gasteiger partial charge in [0.25, 0.3) is 0 Å². The Kier molecular flexibility index (Phi) is 2.45. The first-order chi connectivity index (χ1) is 4.25. The Hall–Kier alpha value is 0.350. The molecule has 0 aromatic heterocycles. The zero-order valence-electron chi connectivity index (χ0n) is 6.30. The van der Waals surface area contributed by atoms with Crippen LogP contribution in [0.4, 0.5) is 0 Å². The highest BCUT2D eigenvalue weighted by molar-refractivity contribution is 7.80. The van der Waals surface area contributed by atoms with Gasteiger partial charge in [0.2, 0.25) is 0 Å². The van der Waals surface area contributed by atoms with Gasteiger partial charge in [0.1, 0.15) is 0 Å². The predicted molar refractivity (Wildman–Crippen MR) is 44.9 cm³/mol. The molecule has 0 saturated heterocycles. The van der Waals surface area contributed by atoms with E-state index in [4.69, 9.17) is 0 Å². The molecule has 2 unspecified atom stereocenters. The van der Waals surface area contributed by atoms with Crippen molar-refractivity contribution in [2.75, 3.05) is 5.75 Å². The van der Waals surface area contributed by atoms with Crippen LogP contribution in [0.2, 0.25) is 0 Å². The Bertz CT molecular complexity index is 80.6. The van der Waals surface area contributed by atoms with Crippen LogP contribution in [0.1, 0.15) is 26.7 Å². The molecule has 1 aliphatic rings. The fourth-order valence-electron chi connectivity index (χ4n) is 1.87. The van der Waals surface area contributed by atoms with E-state index in [2.05, 4.69) is 26.5 Å². The topological polar surface area (TPSA) is 0 Å². The summed E-state index contributed by atoms with van der Waals surface area (Å²) in [7, 11) is 0. The molecular formula is C8H16S. The maximum absolute atomic E-state index is 4.33. The van der Waals surface area contributed by atoms with Crippen molar-refractivity contribution in [3.8, 4) is 0 Å². The van der Waals surface area contributed by atoms with E-state index in [0.29, 0.717) is 0 Å². The van der Waals surface area contributed by atoms with E-state index in [0.717, 1.165) is 23.5 Å². The minimum Gasteiger partial charge on any atom is -0.179 e. The van der Waals surface area contributed by atoms with Gasteiger partial charge in [-0.05, 0) is 23.5 Å². The van der Waals surface area contributed by atoms with Gasteiger partial charge in [-0.3, -0.25) is 0 Å². The van der Waals surface area contributed by atoms with Crippen LogP contribution in [0, 0.1) is 17.8 Å². The van der Waals surface area contributed by atoms with Crippen LogP contribution in [-0.4, -0.2) is 5.75 Å². The van der Waals surface area contributed by atoms with Gasteiger partial charge in [-0.25, -0.2) is 0 Å². The molecule has 0 amide bonds. The summed E-state index contributed by atoms with van der Waals surface area (Å²) in [6, 6.07) is 0. The van der Waals surface area contributed by atoms with Crippen LogP contribution >= 0.6 is 12.6 Å². The fraction of sp³-hybridized carbons (Fsp3) is 1.00. The molecule has 2 atom stereocenters. The summed E-state index contributed by atoms with van der Waals surface area (Å²) in [6.07, 6.45) is 2.85. The van der Waals surface area contributed by atoms with Gasteiger partial charge >= 0.3 is 0 Å². The van der Waals surface area contributed by atoms with Crippen molar-refractivity contribution >= 4 is 12.6 Å². The summed E-state index contributed by atoms with van der Waals surface area (Å²) in [5.41, 5.74) is 0. The van der Waals surface area contributed by atoms with E-state index >= 15 is 0 Å². The van der Waals surface area contributed by atoms with Gasteiger partial charge in [-0.2, -0.15) is 12.6 Å². The first kappa shape index (κ1) is 7.46. The molecule has 0 bridgehead atoms. The Morgan fingerprint density at radius 1 is 1.22 bits per heavy atom. The van der Waals surface area contributed by atoms with Crippen LogP contribution in [0.25, 0.3) is 0 Å². The van der Waals surface area contributed by atoms with Crippen molar-refractivity contribution < 1.29 is 0 Å². The highest BCUT2D eigenvalue weighted by Crippen LogP contribution is 2.36. The van der Waals surface area contributed by atoms with Crippen LogP contribution < -0.4 is 0 Å². The van der Waals surface area contributed by atoms with Crippen LogP contribution in [0.3, 0.4) is 0 Å². The fourth-order valence-corrected chi connectivity index (χ4v) is 2.59. The lowest BCUT2D eigenvalue weighted by Crippen LogP contribution is -2.11. The SMILES string of the molecule is CC1CCC(C)C1CS. The van der Waals surface area contributed by atoms with Crippen LogP contribution in [0.15, 0.2) is 0 Å². The third-order valence-electron chi connectivity index (χ3n) is 2.75. The normalized spacial score (nSPS) is 43.7. The molecule has 0 aromatic carbocycles. The first-order valence-corrected chi connectivity index (χ1v) is 4.49. The number of hydrogen-bond donors (Lipinski definition) is 1. The van der Waals surface area contributed by atoms with Gasteiger partial charge in [0.15, 0.2) is 0 Å². The van der Waals surface area contributed by atoms with Gasteiger partial charge in [0.05, 0.1) is 0 Å². The summed E-state index contributed by atoms with van der Waals surface area (Å²) in [6.45, 7) is 4.70. The molecule has 0 aliphatic heterocycles. The lowest BCUT2D eigenvalue weighted by Gasteiger charge is -2.15. The molecule has 1 heteroatoms. The maximum atomic E-state index is 4.33. The molecule has 1 saturated carbocycles. The Balaban J connectivity index is 2.44. The van der Waals surface area contributed by atoms with Crippen LogP contribution in [-0.2, 0) is 0 Å². The Labute approximate surface area is 63.4 Å². The van der Waals surface area contributed by atoms with Gasteiger partial charge in [0, 0.05) is 0 Å². The summed E-state index contributed by atoms with van der Waals surface area (Å²) >= 11 is 4.33. The van der Waals surface area contributed by atoms with Gasteiger partial charge in [-0.1, -0.05) is 26.7 Å². The monoisotopic (exact) mass is 144 g/mol. The molecule has 0 nitrogen and oxygen atoms in total. The van der Waals surface area contributed by atoms with Crippen molar-refractivity contribution in [3.05, 3.63) is 0 Å². The zero-order chi connectivity index (χ0) is 6.85. The average Bonchev–Trinajstić information content (AvgIpc) is 2.12. The molecule has 1 fully saturated rings. The van der Waals surface area contributed by atoms with E-state index < -0.39 is 0 Å². The quantitative estimate of drug-likeness (QED) is 0.537. The largest absolute Gasteiger partial charge is 0.179 e. The molecule has 1 rings (SSSR count). The van der Waals surface area contributed by atoms with E-state index in [9.17, 15) is 0 Å². The van der Waals surface area contributed by atoms with Gasteiger partial charge < -0.3 is 0 Å². The second-order valence-corrected chi connectivity index (χ2v) is 3.74. The number of rotatable bonds is 1.